The fourth-order valence-corrected chi connectivity index (χ4v) is 7.23. The summed E-state index contributed by atoms with van der Waals surface area (Å²) < 4.78 is 0. The third kappa shape index (κ3) is 6.59. The summed E-state index contributed by atoms with van der Waals surface area (Å²) in [4.78, 5) is 24.3. The molecule has 0 saturated heterocycles. The van der Waals surface area contributed by atoms with E-state index >= 15 is 0 Å². The van der Waals surface area contributed by atoms with Gasteiger partial charge in [-0.25, -0.2) is 15.0 Å². The Hall–Kier alpha value is -7.63. The minimum atomic E-state index is 0.612. The van der Waals surface area contributed by atoms with Gasteiger partial charge in [0.25, 0.3) is 0 Å². The Balaban J connectivity index is 1.09. The van der Waals surface area contributed by atoms with Crippen molar-refractivity contribution in [1.29, 1.82) is 0 Å². The van der Waals surface area contributed by atoms with Gasteiger partial charge in [-0.1, -0.05) is 146 Å². The van der Waals surface area contributed by atoms with E-state index in [4.69, 9.17) is 15.0 Å². The fourth-order valence-electron chi connectivity index (χ4n) is 7.23. The zero-order chi connectivity index (χ0) is 37.3. The fraction of sp³-hybridized carbons (Fsp3) is 0. The molecule has 0 aliphatic rings. The first kappa shape index (κ1) is 33.0. The van der Waals surface area contributed by atoms with Crippen molar-refractivity contribution in [2.24, 2.45) is 0 Å². The van der Waals surface area contributed by atoms with E-state index in [0.717, 1.165) is 83.0 Å². The molecule has 5 nitrogen and oxygen atoms in total. The van der Waals surface area contributed by atoms with Crippen LogP contribution in [0.15, 0.2) is 200 Å². The quantitative estimate of drug-likeness (QED) is 0.164. The van der Waals surface area contributed by atoms with Crippen LogP contribution in [-0.4, -0.2) is 24.9 Å². The van der Waals surface area contributed by atoms with Crippen LogP contribution in [0.4, 0.5) is 0 Å². The molecule has 0 aliphatic heterocycles. The second-order valence-corrected chi connectivity index (χ2v) is 13.8. The molecule has 0 bridgehead atoms. The van der Waals surface area contributed by atoms with Crippen LogP contribution in [0, 0.1) is 0 Å². The van der Waals surface area contributed by atoms with E-state index in [0.29, 0.717) is 17.5 Å². The Kier molecular flexibility index (Phi) is 8.43. The van der Waals surface area contributed by atoms with E-state index in [1.807, 2.05) is 85.2 Å². The van der Waals surface area contributed by atoms with Crippen molar-refractivity contribution >= 4 is 21.8 Å². The van der Waals surface area contributed by atoms with Crippen LogP contribution in [0.1, 0.15) is 0 Å². The molecule has 3 heterocycles. The summed E-state index contributed by atoms with van der Waals surface area (Å²) in [6.07, 6.45) is 3.68. The Morgan fingerprint density at radius 1 is 0.232 bits per heavy atom. The molecule has 0 spiro atoms. The SMILES string of the molecule is c1ccc(-c2nc(-c3ccccc3)nc(-c3cc(-c4ccc(-c5ccc6cccnc6c5)cc4)cc(-c4ccc(-c5ccc6cccnc6c5)cc4)c3)n2)cc1. The number of nitrogens with zero attached hydrogens (tertiary/aromatic N) is 5. The van der Waals surface area contributed by atoms with Crippen molar-refractivity contribution in [1.82, 2.24) is 24.9 Å². The highest BCUT2D eigenvalue weighted by atomic mass is 15.0. The van der Waals surface area contributed by atoms with Crippen molar-refractivity contribution in [2.75, 3.05) is 0 Å². The van der Waals surface area contributed by atoms with Gasteiger partial charge in [0.2, 0.25) is 0 Å². The third-order valence-electron chi connectivity index (χ3n) is 10.2. The second kappa shape index (κ2) is 14.3. The van der Waals surface area contributed by atoms with E-state index < -0.39 is 0 Å². The maximum absolute atomic E-state index is 5.09. The lowest BCUT2D eigenvalue weighted by atomic mass is 9.93. The molecule has 7 aromatic carbocycles. The zero-order valence-corrected chi connectivity index (χ0v) is 30.3. The maximum Gasteiger partial charge on any atom is 0.164 e. The first-order valence-electron chi connectivity index (χ1n) is 18.6. The van der Waals surface area contributed by atoms with Crippen molar-refractivity contribution in [3.05, 3.63) is 200 Å². The minimum absolute atomic E-state index is 0.612. The van der Waals surface area contributed by atoms with Crippen LogP contribution in [0.3, 0.4) is 0 Å². The molecule has 0 N–H and O–H groups in total. The Morgan fingerprint density at radius 3 is 1.02 bits per heavy atom. The topological polar surface area (TPSA) is 64.5 Å². The van der Waals surface area contributed by atoms with E-state index in [1.165, 1.54) is 0 Å². The molecule has 5 heteroatoms. The van der Waals surface area contributed by atoms with Gasteiger partial charge in [0, 0.05) is 39.9 Å². The van der Waals surface area contributed by atoms with Gasteiger partial charge in [0.05, 0.1) is 11.0 Å². The first-order valence-corrected chi connectivity index (χ1v) is 18.6. The molecule has 56 heavy (non-hydrogen) atoms. The predicted octanol–water partition coefficient (Wildman–Crippen LogP) is 12.6. The Morgan fingerprint density at radius 2 is 0.589 bits per heavy atom. The standard InChI is InChI=1S/C51H33N5/c1-3-9-40(10-4-1)49-54-50(41-11-5-2-6-12-41)56-51(55-49)46-30-44(36-19-15-34(16-20-36)42-25-23-38-13-7-27-52-47(38)32-42)29-45(31-46)37-21-17-35(18-22-37)43-26-24-39-14-8-28-53-48(39)33-43/h1-33H. The predicted molar refractivity (Wildman–Crippen MR) is 228 cm³/mol. The molecule has 10 rings (SSSR count). The molecule has 0 atom stereocenters. The van der Waals surface area contributed by atoms with Crippen LogP contribution in [-0.2, 0) is 0 Å². The largest absolute Gasteiger partial charge is 0.256 e. The number of fused-ring (bicyclic) bond motifs is 2. The molecular weight excluding hydrogens is 683 g/mol. The van der Waals surface area contributed by atoms with Crippen LogP contribution >= 0.6 is 0 Å². The molecular formula is C51H33N5. The van der Waals surface area contributed by atoms with Crippen LogP contribution in [0.25, 0.3) is 100 Å². The van der Waals surface area contributed by atoms with Gasteiger partial charge < -0.3 is 0 Å². The summed E-state index contributed by atoms with van der Waals surface area (Å²) in [7, 11) is 0. The molecule has 0 fully saturated rings. The first-order chi connectivity index (χ1) is 27.7. The van der Waals surface area contributed by atoms with Gasteiger partial charge in [-0.2, -0.15) is 0 Å². The van der Waals surface area contributed by atoms with Gasteiger partial charge in [-0.05, 0) is 87.0 Å². The molecule has 0 aliphatic carbocycles. The molecule has 0 radical (unpaired) electrons. The smallest absolute Gasteiger partial charge is 0.164 e. The minimum Gasteiger partial charge on any atom is -0.256 e. The Bertz CT molecular complexity index is 2800. The normalized spacial score (nSPS) is 11.2. The summed E-state index contributed by atoms with van der Waals surface area (Å²) in [5, 5.41) is 2.26. The second-order valence-electron chi connectivity index (χ2n) is 13.8. The lowest BCUT2D eigenvalue weighted by Crippen LogP contribution is -2.00. The van der Waals surface area contributed by atoms with E-state index in [2.05, 4.69) is 125 Å². The van der Waals surface area contributed by atoms with Crippen molar-refractivity contribution in [3.8, 4) is 78.7 Å². The van der Waals surface area contributed by atoms with Gasteiger partial charge in [0.15, 0.2) is 17.5 Å². The number of rotatable bonds is 7. The van der Waals surface area contributed by atoms with Crippen LogP contribution in [0.2, 0.25) is 0 Å². The lowest BCUT2D eigenvalue weighted by Gasteiger charge is -2.13. The Labute approximate surface area is 324 Å². The molecule has 0 amide bonds. The van der Waals surface area contributed by atoms with Crippen LogP contribution < -0.4 is 0 Å². The van der Waals surface area contributed by atoms with E-state index in [-0.39, 0.29) is 0 Å². The molecule has 0 unspecified atom stereocenters. The average Bonchev–Trinajstić information content (AvgIpc) is 3.29. The summed E-state index contributed by atoms with van der Waals surface area (Å²) in [6.45, 7) is 0. The molecule has 0 saturated carbocycles. The molecule has 3 aromatic heterocycles. The highest BCUT2D eigenvalue weighted by molar-refractivity contribution is 5.87. The number of aromatic nitrogens is 5. The van der Waals surface area contributed by atoms with Gasteiger partial charge in [-0.3, -0.25) is 9.97 Å². The number of hydrogen-bond donors (Lipinski definition) is 0. The average molecular weight is 716 g/mol. The summed E-state index contributed by atoms with van der Waals surface area (Å²) in [5.74, 6) is 1.87. The molecule has 262 valence electrons. The van der Waals surface area contributed by atoms with Crippen molar-refractivity contribution in [3.63, 3.8) is 0 Å². The summed E-state index contributed by atoms with van der Waals surface area (Å²) in [5.41, 5.74) is 13.6. The monoisotopic (exact) mass is 715 g/mol. The van der Waals surface area contributed by atoms with Crippen molar-refractivity contribution < 1.29 is 0 Å². The van der Waals surface area contributed by atoms with Gasteiger partial charge >= 0.3 is 0 Å². The lowest BCUT2D eigenvalue weighted by molar-refractivity contribution is 1.07. The maximum atomic E-state index is 5.09. The number of pyridine rings is 2. The van der Waals surface area contributed by atoms with Gasteiger partial charge in [0.1, 0.15) is 0 Å². The zero-order valence-electron chi connectivity index (χ0n) is 30.3. The highest BCUT2D eigenvalue weighted by Gasteiger charge is 2.15. The van der Waals surface area contributed by atoms with Crippen molar-refractivity contribution in [2.45, 2.75) is 0 Å². The highest BCUT2D eigenvalue weighted by Crippen LogP contribution is 2.35. The number of hydrogen-bond acceptors (Lipinski definition) is 5. The third-order valence-corrected chi connectivity index (χ3v) is 10.2. The van der Waals surface area contributed by atoms with E-state index in [1.54, 1.807) is 0 Å². The molecule has 10 aromatic rings. The van der Waals surface area contributed by atoms with Gasteiger partial charge in [-0.15, -0.1) is 0 Å². The number of benzene rings is 7. The summed E-state index contributed by atoms with van der Waals surface area (Å²) >= 11 is 0. The van der Waals surface area contributed by atoms with E-state index in [9.17, 15) is 0 Å². The summed E-state index contributed by atoms with van der Waals surface area (Å²) in [6, 6.07) is 65.3. The van der Waals surface area contributed by atoms with Crippen LogP contribution in [0.5, 0.6) is 0 Å².